The zero-order chi connectivity index (χ0) is 18.7. The van der Waals surface area contributed by atoms with Gasteiger partial charge in [0.25, 0.3) is 10.1 Å². The average molecular weight is 387 g/mol. The molecule has 0 fully saturated rings. The number of hydrogen-bond acceptors (Lipinski definition) is 3. The lowest BCUT2D eigenvalue weighted by Crippen LogP contribution is -1.98. The summed E-state index contributed by atoms with van der Waals surface area (Å²) in [7, 11) is -4.20. The van der Waals surface area contributed by atoms with Crippen LogP contribution in [0.25, 0.3) is 21.5 Å². The Morgan fingerprint density at radius 3 is 2.04 bits per heavy atom. The van der Waals surface area contributed by atoms with Gasteiger partial charge in [-0.2, -0.15) is 8.42 Å². The Labute approximate surface area is 156 Å². The standard InChI is InChI=1S/C10H7ClO3S.C10H8O/c11-8-5-4-7-2-1-3-10(9(7)6-8)15(12,13)14;11-10-7-3-5-8-4-1-2-6-9(8)10/h1-6H,(H,12,13,14);1-7,11H. The molecule has 4 aromatic rings. The predicted octanol–water partition coefficient (Wildman–Crippen LogP) is 5.29. The molecule has 0 aliphatic rings. The van der Waals surface area contributed by atoms with E-state index in [1.807, 2.05) is 36.4 Å². The zero-order valence-corrected chi connectivity index (χ0v) is 15.1. The van der Waals surface area contributed by atoms with E-state index in [4.69, 9.17) is 16.2 Å². The first-order chi connectivity index (χ1) is 12.4. The summed E-state index contributed by atoms with van der Waals surface area (Å²) in [6.07, 6.45) is 0. The van der Waals surface area contributed by atoms with Crippen LogP contribution in [0.2, 0.25) is 5.02 Å². The van der Waals surface area contributed by atoms with Crippen LogP contribution in [-0.4, -0.2) is 18.1 Å². The van der Waals surface area contributed by atoms with Crippen LogP contribution < -0.4 is 0 Å². The number of halogens is 1. The van der Waals surface area contributed by atoms with Gasteiger partial charge in [-0.1, -0.05) is 66.2 Å². The molecule has 4 rings (SSSR count). The lowest BCUT2D eigenvalue weighted by atomic mass is 10.1. The molecule has 0 atom stereocenters. The van der Waals surface area contributed by atoms with Crippen LogP contribution in [0.3, 0.4) is 0 Å². The Hall–Kier alpha value is -2.60. The van der Waals surface area contributed by atoms with Gasteiger partial charge in [-0.15, -0.1) is 0 Å². The average Bonchev–Trinajstić information content (AvgIpc) is 2.61. The van der Waals surface area contributed by atoms with Gasteiger partial charge in [-0.05, 0) is 35.0 Å². The number of phenolic OH excluding ortho intramolecular Hbond substituents is 1. The highest BCUT2D eigenvalue weighted by Gasteiger charge is 2.13. The van der Waals surface area contributed by atoms with Gasteiger partial charge < -0.3 is 5.11 Å². The Bertz CT molecular complexity index is 1180. The van der Waals surface area contributed by atoms with Gasteiger partial charge in [0.1, 0.15) is 10.6 Å². The quantitative estimate of drug-likeness (QED) is 0.436. The van der Waals surface area contributed by atoms with Gasteiger partial charge in [0, 0.05) is 15.8 Å². The topological polar surface area (TPSA) is 74.6 Å². The summed E-state index contributed by atoms with van der Waals surface area (Å²) in [4.78, 5) is -0.123. The van der Waals surface area contributed by atoms with Crippen LogP contribution in [0.15, 0.2) is 83.8 Å². The maximum Gasteiger partial charge on any atom is 0.295 e. The van der Waals surface area contributed by atoms with Crippen molar-refractivity contribution in [2.75, 3.05) is 0 Å². The van der Waals surface area contributed by atoms with Crippen molar-refractivity contribution in [1.82, 2.24) is 0 Å². The second-order valence-corrected chi connectivity index (χ2v) is 7.42. The van der Waals surface area contributed by atoms with Crippen LogP contribution in [0, 0.1) is 0 Å². The van der Waals surface area contributed by atoms with Crippen molar-refractivity contribution in [3.8, 4) is 5.75 Å². The molecule has 0 heterocycles. The van der Waals surface area contributed by atoms with E-state index in [9.17, 15) is 13.5 Å². The molecule has 132 valence electrons. The van der Waals surface area contributed by atoms with Crippen molar-refractivity contribution < 1.29 is 18.1 Å². The molecular weight excluding hydrogens is 372 g/mol. The summed E-state index contributed by atoms with van der Waals surface area (Å²) in [6.45, 7) is 0. The molecule has 0 bridgehead atoms. The summed E-state index contributed by atoms with van der Waals surface area (Å²) in [5.41, 5.74) is 0. The molecule has 4 aromatic carbocycles. The molecule has 2 N–H and O–H groups in total. The maximum atomic E-state index is 11.1. The minimum absolute atomic E-state index is 0.123. The van der Waals surface area contributed by atoms with E-state index in [2.05, 4.69) is 0 Å². The molecule has 4 nitrogen and oxygen atoms in total. The molecule has 0 amide bonds. The highest BCUT2D eigenvalue weighted by Crippen LogP contribution is 2.25. The Morgan fingerprint density at radius 1 is 0.731 bits per heavy atom. The van der Waals surface area contributed by atoms with Gasteiger partial charge in [-0.25, -0.2) is 0 Å². The molecule has 0 radical (unpaired) electrons. The molecule has 26 heavy (non-hydrogen) atoms. The van der Waals surface area contributed by atoms with E-state index in [-0.39, 0.29) is 4.90 Å². The summed E-state index contributed by atoms with van der Waals surface area (Å²) < 4.78 is 31.1. The van der Waals surface area contributed by atoms with Crippen molar-refractivity contribution in [2.24, 2.45) is 0 Å². The normalized spacial score (nSPS) is 11.2. The number of aromatic hydroxyl groups is 1. The minimum atomic E-state index is -4.20. The Kier molecular flexibility index (Phi) is 5.13. The van der Waals surface area contributed by atoms with E-state index in [0.29, 0.717) is 16.2 Å². The second-order valence-electron chi connectivity index (χ2n) is 5.59. The fourth-order valence-corrected chi connectivity index (χ4v) is 3.53. The predicted molar refractivity (Wildman–Crippen MR) is 104 cm³/mol. The zero-order valence-electron chi connectivity index (χ0n) is 13.5. The lowest BCUT2D eigenvalue weighted by molar-refractivity contribution is 0.481. The van der Waals surface area contributed by atoms with Gasteiger partial charge in [0.2, 0.25) is 0 Å². The monoisotopic (exact) mass is 386 g/mol. The summed E-state index contributed by atoms with van der Waals surface area (Å²) in [6, 6.07) is 22.8. The molecule has 0 spiro atoms. The van der Waals surface area contributed by atoms with Crippen LogP contribution in [0.4, 0.5) is 0 Å². The third-order valence-corrected chi connectivity index (χ3v) is 5.00. The molecule has 6 heteroatoms. The van der Waals surface area contributed by atoms with Gasteiger partial charge in [0.15, 0.2) is 0 Å². The van der Waals surface area contributed by atoms with Crippen molar-refractivity contribution in [2.45, 2.75) is 4.90 Å². The highest BCUT2D eigenvalue weighted by molar-refractivity contribution is 7.86. The van der Waals surface area contributed by atoms with Crippen molar-refractivity contribution in [3.05, 3.63) is 83.9 Å². The lowest BCUT2D eigenvalue weighted by Gasteiger charge is -2.03. The molecule has 0 aliphatic carbocycles. The highest BCUT2D eigenvalue weighted by atomic mass is 35.5. The van der Waals surface area contributed by atoms with Gasteiger partial charge in [0.05, 0.1) is 0 Å². The van der Waals surface area contributed by atoms with Crippen molar-refractivity contribution in [3.63, 3.8) is 0 Å². The third kappa shape index (κ3) is 3.96. The molecule has 0 aromatic heterocycles. The number of benzene rings is 4. The SMILES string of the molecule is O=S(=O)(O)c1cccc2ccc(Cl)cc12.Oc1cccc2ccccc12. The maximum absolute atomic E-state index is 11.1. The van der Waals surface area contributed by atoms with Crippen LogP contribution in [-0.2, 0) is 10.1 Å². The largest absolute Gasteiger partial charge is 0.507 e. The second kappa shape index (κ2) is 7.33. The fourth-order valence-electron chi connectivity index (χ4n) is 2.65. The molecule has 0 unspecified atom stereocenters. The summed E-state index contributed by atoms with van der Waals surface area (Å²) in [5, 5.41) is 12.9. The first kappa shape index (κ1) is 18.2. The summed E-state index contributed by atoms with van der Waals surface area (Å²) >= 11 is 5.76. The molecular formula is C20H15ClO4S. The molecule has 0 aliphatic heterocycles. The number of fused-ring (bicyclic) bond motifs is 2. The first-order valence-electron chi connectivity index (χ1n) is 7.69. The Balaban J connectivity index is 0.000000158. The minimum Gasteiger partial charge on any atom is -0.507 e. The van der Waals surface area contributed by atoms with Gasteiger partial charge in [-0.3, -0.25) is 4.55 Å². The molecule has 0 saturated carbocycles. The third-order valence-electron chi connectivity index (χ3n) is 3.85. The van der Waals surface area contributed by atoms with E-state index >= 15 is 0 Å². The van der Waals surface area contributed by atoms with Crippen LogP contribution in [0.5, 0.6) is 5.75 Å². The first-order valence-corrected chi connectivity index (χ1v) is 9.50. The summed E-state index contributed by atoms with van der Waals surface area (Å²) in [5.74, 6) is 0.350. The molecule has 0 saturated heterocycles. The Morgan fingerprint density at radius 2 is 1.35 bits per heavy atom. The van der Waals surface area contributed by atoms with Crippen molar-refractivity contribution in [1.29, 1.82) is 0 Å². The van der Waals surface area contributed by atoms with Crippen LogP contribution in [0.1, 0.15) is 0 Å². The van der Waals surface area contributed by atoms with Gasteiger partial charge >= 0.3 is 0 Å². The fraction of sp³-hybridized carbons (Fsp3) is 0. The number of hydrogen-bond donors (Lipinski definition) is 2. The van der Waals surface area contributed by atoms with E-state index in [1.165, 1.54) is 12.1 Å². The number of phenols is 1. The van der Waals surface area contributed by atoms with Crippen LogP contribution >= 0.6 is 11.6 Å². The number of rotatable bonds is 1. The van der Waals surface area contributed by atoms with E-state index in [0.717, 1.165) is 16.2 Å². The van der Waals surface area contributed by atoms with E-state index < -0.39 is 10.1 Å². The van der Waals surface area contributed by atoms with Crippen molar-refractivity contribution >= 4 is 43.3 Å². The smallest absolute Gasteiger partial charge is 0.295 e. The van der Waals surface area contributed by atoms with E-state index in [1.54, 1.807) is 30.3 Å².